The van der Waals surface area contributed by atoms with E-state index in [1.54, 1.807) is 12.3 Å². The molecule has 0 fully saturated rings. The van der Waals surface area contributed by atoms with Gasteiger partial charge in [0.1, 0.15) is 5.82 Å². The van der Waals surface area contributed by atoms with Crippen molar-refractivity contribution in [2.45, 2.75) is 33.1 Å². The van der Waals surface area contributed by atoms with Crippen LogP contribution in [-0.4, -0.2) is 12.8 Å². The Kier molecular flexibility index (Phi) is 5.02. The number of benzene rings is 1. The van der Waals surface area contributed by atoms with E-state index in [1.165, 1.54) is 6.07 Å². The number of hydrogen-bond acceptors (Lipinski definition) is 1. The summed E-state index contributed by atoms with van der Waals surface area (Å²) in [6.45, 7) is 4.93. The molecule has 15 heavy (non-hydrogen) atoms. The second kappa shape index (κ2) is 6.33. The molecule has 0 radical (unpaired) electrons. The van der Waals surface area contributed by atoms with Crippen LogP contribution in [0.2, 0.25) is 0 Å². The molecule has 1 rings (SSSR count). The molecular weight excluding hydrogens is 189 g/mol. The second-order valence-corrected chi connectivity index (χ2v) is 3.56. The van der Waals surface area contributed by atoms with Crippen molar-refractivity contribution < 1.29 is 4.39 Å². The summed E-state index contributed by atoms with van der Waals surface area (Å²) in [5, 5.41) is 0. The van der Waals surface area contributed by atoms with Crippen LogP contribution in [0.3, 0.4) is 0 Å². The van der Waals surface area contributed by atoms with Crippen molar-refractivity contribution in [2.24, 2.45) is 4.99 Å². The molecule has 0 unspecified atom stereocenters. The quantitative estimate of drug-likeness (QED) is 0.516. The van der Waals surface area contributed by atoms with Gasteiger partial charge in [-0.3, -0.25) is 4.99 Å². The van der Waals surface area contributed by atoms with E-state index >= 15 is 0 Å². The molecule has 0 aliphatic rings. The standard InChI is InChI=1S/C13H18FN/c1-3-5-9-15-10-12-11(4-2)7-6-8-13(12)14/h6-8,10H,3-5,9H2,1-2H3/b15-10+. The highest BCUT2D eigenvalue weighted by molar-refractivity contribution is 5.82. The van der Waals surface area contributed by atoms with Gasteiger partial charge in [0, 0.05) is 18.3 Å². The summed E-state index contributed by atoms with van der Waals surface area (Å²) in [5.74, 6) is -0.172. The average molecular weight is 207 g/mol. The molecule has 0 atom stereocenters. The maximum absolute atomic E-state index is 13.5. The minimum Gasteiger partial charge on any atom is -0.292 e. The Labute approximate surface area is 91.0 Å². The van der Waals surface area contributed by atoms with E-state index in [0.717, 1.165) is 31.4 Å². The Bertz CT molecular complexity index is 331. The highest BCUT2D eigenvalue weighted by Gasteiger charge is 2.03. The van der Waals surface area contributed by atoms with Gasteiger partial charge < -0.3 is 0 Å². The molecule has 0 spiro atoms. The zero-order valence-electron chi connectivity index (χ0n) is 9.46. The molecule has 82 valence electrons. The van der Waals surface area contributed by atoms with Gasteiger partial charge in [0.2, 0.25) is 0 Å². The zero-order chi connectivity index (χ0) is 11.1. The van der Waals surface area contributed by atoms with Gasteiger partial charge in [-0.1, -0.05) is 32.4 Å². The van der Waals surface area contributed by atoms with E-state index in [1.807, 2.05) is 13.0 Å². The first kappa shape index (κ1) is 11.9. The summed E-state index contributed by atoms with van der Waals surface area (Å²) in [6.07, 6.45) is 4.69. The molecule has 0 bridgehead atoms. The molecule has 1 aromatic rings. The first-order valence-corrected chi connectivity index (χ1v) is 5.56. The molecule has 0 heterocycles. The molecule has 0 saturated heterocycles. The number of hydrogen-bond donors (Lipinski definition) is 0. The van der Waals surface area contributed by atoms with E-state index in [-0.39, 0.29) is 5.82 Å². The monoisotopic (exact) mass is 207 g/mol. The second-order valence-electron chi connectivity index (χ2n) is 3.56. The Hall–Kier alpha value is -1.18. The van der Waals surface area contributed by atoms with Gasteiger partial charge in [-0.25, -0.2) is 4.39 Å². The minimum atomic E-state index is -0.172. The van der Waals surface area contributed by atoms with Crippen molar-refractivity contribution in [3.05, 3.63) is 35.1 Å². The van der Waals surface area contributed by atoms with Gasteiger partial charge in [-0.05, 0) is 24.5 Å². The van der Waals surface area contributed by atoms with Gasteiger partial charge in [-0.2, -0.15) is 0 Å². The van der Waals surface area contributed by atoms with Crippen LogP contribution in [0.5, 0.6) is 0 Å². The summed E-state index contributed by atoms with van der Waals surface area (Å²) in [5.41, 5.74) is 1.67. The number of rotatable bonds is 5. The zero-order valence-corrected chi connectivity index (χ0v) is 9.46. The van der Waals surface area contributed by atoms with Crippen LogP contribution in [0, 0.1) is 5.82 Å². The van der Waals surface area contributed by atoms with Crippen LogP contribution >= 0.6 is 0 Å². The fourth-order valence-corrected chi connectivity index (χ4v) is 1.44. The summed E-state index contributed by atoms with van der Waals surface area (Å²) in [6, 6.07) is 5.18. The average Bonchev–Trinajstić information content (AvgIpc) is 2.26. The fourth-order valence-electron chi connectivity index (χ4n) is 1.44. The SMILES string of the molecule is CCCC/N=C/c1c(F)cccc1CC. The Morgan fingerprint density at radius 1 is 1.33 bits per heavy atom. The molecule has 1 nitrogen and oxygen atoms in total. The molecule has 0 aliphatic carbocycles. The lowest BCUT2D eigenvalue weighted by molar-refractivity contribution is 0.623. The molecule has 0 amide bonds. The van der Waals surface area contributed by atoms with Crippen molar-refractivity contribution in [3.8, 4) is 0 Å². The third-order valence-electron chi connectivity index (χ3n) is 2.39. The molecule has 0 aliphatic heterocycles. The van der Waals surface area contributed by atoms with E-state index in [2.05, 4.69) is 11.9 Å². The van der Waals surface area contributed by atoms with Crippen LogP contribution in [0.25, 0.3) is 0 Å². The number of nitrogens with zero attached hydrogens (tertiary/aromatic N) is 1. The predicted molar refractivity (Wildman–Crippen MR) is 63.1 cm³/mol. The Morgan fingerprint density at radius 2 is 2.13 bits per heavy atom. The maximum Gasteiger partial charge on any atom is 0.132 e. The third-order valence-corrected chi connectivity index (χ3v) is 2.39. The van der Waals surface area contributed by atoms with Gasteiger partial charge in [0.25, 0.3) is 0 Å². The van der Waals surface area contributed by atoms with Crippen molar-refractivity contribution in [2.75, 3.05) is 6.54 Å². The first-order chi connectivity index (χ1) is 7.29. The third kappa shape index (κ3) is 3.46. The Morgan fingerprint density at radius 3 is 2.80 bits per heavy atom. The predicted octanol–water partition coefficient (Wildman–Crippen LogP) is 3.61. The lowest BCUT2D eigenvalue weighted by Gasteiger charge is -2.03. The maximum atomic E-state index is 13.5. The van der Waals surface area contributed by atoms with Gasteiger partial charge in [-0.15, -0.1) is 0 Å². The minimum absolute atomic E-state index is 0.172. The fraction of sp³-hybridized carbons (Fsp3) is 0.462. The van der Waals surface area contributed by atoms with Crippen LogP contribution in [-0.2, 0) is 6.42 Å². The lowest BCUT2D eigenvalue weighted by atomic mass is 10.1. The largest absolute Gasteiger partial charge is 0.292 e. The molecule has 0 aromatic heterocycles. The number of halogens is 1. The van der Waals surface area contributed by atoms with Crippen LogP contribution < -0.4 is 0 Å². The van der Waals surface area contributed by atoms with Gasteiger partial charge in [0.15, 0.2) is 0 Å². The number of aliphatic imine (C=N–C) groups is 1. The van der Waals surface area contributed by atoms with Crippen molar-refractivity contribution in [1.82, 2.24) is 0 Å². The van der Waals surface area contributed by atoms with E-state index in [9.17, 15) is 4.39 Å². The molecule has 2 heteroatoms. The van der Waals surface area contributed by atoms with E-state index < -0.39 is 0 Å². The van der Waals surface area contributed by atoms with E-state index in [4.69, 9.17) is 0 Å². The van der Waals surface area contributed by atoms with Crippen molar-refractivity contribution in [1.29, 1.82) is 0 Å². The highest BCUT2D eigenvalue weighted by atomic mass is 19.1. The summed E-state index contributed by atoms with van der Waals surface area (Å²) in [4.78, 5) is 4.24. The summed E-state index contributed by atoms with van der Waals surface area (Å²) < 4.78 is 13.5. The number of aryl methyl sites for hydroxylation is 1. The molecular formula is C13H18FN. The normalized spacial score (nSPS) is 11.1. The first-order valence-electron chi connectivity index (χ1n) is 5.56. The van der Waals surface area contributed by atoms with Crippen molar-refractivity contribution in [3.63, 3.8) is 0 Å². The lowest BCUT2D eigenvalue weighted by Crippen LogP contribution is -1.96. The van der Waals surface area contributed by atoms with Gasteiger partial charge in [0.05, 0.1) is 0 Å². The molecule has 1 aromatic carbocycles. The summed E-state index contributed by atoms with van der Waals surface area (Å²) in [7, 11) is 0. The van der Waals surface area contributed by atoms with Gasteiger partial charge >= 0.3 is 0 Å². The smallest absolute Gasteiger partial charge is 0.132 e. The topological polar surface area (TPSA) is 12.4 Å². The van der Waals surface area contributed by atoms with Crippen LogP contribution in [0.4, 0.5) is 4.39 Å². The van der Waals surface area contributed by atoms with Crippen LogP contribution in [0.1, 0.15) is 37.8 Å². The van der Waals surface area contributed by atoms with Crippen molar-refractivity contribution >= 4 is 6.21 Å². The molecule has 0 N–H and O–H groups in total. The Balaban J connectivity index is 2.78. The van der Waals surface area contributed by atoms with E-state index in [0.29, 0.717) is 5.56 Å². The summed E-state index contributed by atoms with van der Waals surface area (Å²) >= 11 is 0. The molecule has 0 saturated carbocycles. The van der Waals surface area contributed by atoms with Crippen LogP contribution in [0.15, 0.2) is 23.2 Å². The highest BCUT2D eigenvalue weighted by Crippen LogP contribution is 2.11. The number of unbranched alkanes of at least 4 members (excludes halogenated alkanes) is 1.